The Morgan fingerprint density at radius 1 is 1.36 bits per heavy atom. The molecule has 1 atom stereocenters. The highest BCUT2D eigenvalue weighted by Crippen LogP contribution is 2.45. The number of para-hydroxylation sites is 1. The van der Waals surface area contributed by atoms with Gasteiger partial charge in [0.05, 0.1) is 6.54 Å². The van der Waals surface area contributed by atoms with E-state index in [1.54, 1.807) is 0 Å². The van der Waals surface area contributed by atoms with Crippen molar-refractivity contribution in [3.05, 3.63) is 65.4 Å². The molecular weight excluding hydrogens is 292 g/mol. The predicted molar refractivity (Wildman–Crippen MR) is 91.8 cm³/mol. The van der Waals surface area contributed by atoms with Crippen LogP contribution in [0.4, 0.5) is 0 Å². The largest absolute Gasteiger partial charge is 0.480 e. The van der Waals surface area contributed by atoms with Gasteiger partial charge in [-0.15, -0.1) is 0 Å². The number of nitrogens with one attached hydrogen (secondary N) is 1. The molecule has 1 aromatic rings. The quantitative estimate of drug-likeness (QED) is 0.745. The Balaban J connectivity index is 1.79. The van der Waals surface area contributed by atoms with Gasteiger partial charge in [-0.2, -0.15) is 0 Å². The van der Waals surface area contributed by atoms with Crippen LogP contribution in [0.3, 0.4) is 0 Å². The molecule has 2 heterocycles. The van der Waals surface area contributed by atoms with E-state index in [-0.39, 0.29) is 5.60 Å². The number of ether oxygens (including phenoxy) is 1. The van der Waals surface area contributed by atoms with E-state index in [0.29, 0.717) is 0 Å². The molecule has 1 N–H and O–H groups in total. The molecule has 0 saturated heterocycles. The second kappa shape index (κ2) is 4.99. The van der Waals surface area contributed by atoms with Crippen molar-refractivity contribution in [1.29, 1.82) is 0 Å². The summed E-state index contributed by atoms with van der Waals surface area (Å²) >= 11 is 5.45. The van der Waals surface area contributed by atoms with Gasteiger partial charge in [0.25, 0.3) is 0 Å². The number of rotatable bonds is 0. The van der Waals surface area contributed by atoms with Crippen LogP contribution < -0.4 is 10.1 Å². The van der Waals surface area contributed by atoms with E-state index in [9.17, 15) is 0 Å². The van der Waals surface area contributed by atoms with Crippen molar-refractivity contribution in [3.63, 3.8) is 0 Å². The minimum Gasteiger partial charge on any atom is -0.480 e. The van der Waals surface area contributed by atoms with Crippen molar-refractivity contribution < 1.29 is 4.74 Å². The maximum atomic E-state index is 6.46. The predicted octanol–water partition coefficient (Wildman–Crippen LogP) is 2.95. The smallest absolute Gasteiger partial charge is 0.172 e. The summed E-state index contributed by atoms with van der Waals surface area (Å²) in [7, 11) is 1.86. The minimum atomic E-state index is -0.334. The van der Waals surface area contributed by atoms with Crippen molar-refractivity contribution in [2.24, 2.45) is 0 Å². The summed E-state index contributed by atoms with van der Waals surface area (Å²) in [6.45, 7) is 0.741. The highest BCUT2D eigenvalue weighted by atomic mass is 32.1. The Bertz CT molecular complexity index is 707. The first-order chi connectivity index (χ1) is 10.7. The lowest BCUT2D eigenvalue weighted by Crippen LogP contribution is -2.53. The standard InChI is InChI=1S/C18H18N2OS/c1-19-17(22)20-11-14-7-2-4-8-15(14)18(12-20)10-13-6-3-5-9-16(13)21-18/h2-6,8-9,11H,7,10,12H2,1H3,(H,19,22). The number of fused-ring (bicyclic) bond motifs is 3. The molecule has 0 amide bonds. The van der Waals surface area contributed by atoms with Crippen molar-refractivity contribution in [2.75, 3.05) is 13.6 Å². The summed E-state index contributed by atoms with van der Waals surface area (Å²) < 4.78 is 6.46. The van der Waals surface area contributed by atoms with Crippen LogP contribution in [0.5, 0.6) is 5.75 Å². The molecule has 0 aromatic heterocycles. The number of thiocarbonyl (C=S) groups is 1. The summed E-state index contributed by atoms with van der Waals surface area (Å²) in [5.74, 6) is 0.995. The Morgan fingerprint density at radius 3 is 3.05 bits per heavy atom. The molecule has 0 saturated carbocycles. The van der Waals surface area contributed by atoms with Crippen LogP contribution in [0.15, 0.2) is 59.8 Å². The van der Waals surface area contributed by atoms with E-state index in [2.05, 4.69) is 52.8 Å². The van der Waals surface area contributed by atoms with Gasteiger partial charge in [0, 0.05) is 25.2 Å². The zero-order valence-electron chi connectivity index (χ0n) is 12.5. The third kappa shape index (κ3) is 1.98. The Labute approximate surface area is 136 Å². The number of benzene rings is 1. The molecule has 112 valence electrons. The minimum absolute atomic E-state index is 0.334. The first-order valence-electron chi connectivity index (χ1n) is 7.55. The molecule has 3 nitrogen and oxygen atoms in total. The molecule has 1 spiro atoms. The fraction of sp³-hybridized carbons (Fsp3) is 0.278. The monoisotopic (exact) mass is 310 g/mol. The third-order valence-electron chi connectivity index (χ3n) is 4.54. The van der Waals surface area contributed by atoms with Gasteiger partial charge >= 0.3 is 0 Å². The summed E-state index contributed by atoms with van der Waals surface area (Å²) in [6, 6.07) is 8.32. The second-order valence-electron chi connectivity index (χ2n) is 5.93. The van der Waals surface area contributed by atoms with Crippen molar-refractivity contribution in [2.45, 2.75) is 18.4 Å². The van der Waals surface area contributed by atoms with E-state index in [1.165, 1.54) is 16.7 Å². The first kappa shape index (κ1) is 13.6. The molecule has 2 aliphatic heterocycles. The molecule has 0 fully saturated rings. The lowest BCUT2D eigenvalue weighted by Gasteiger charge is -2.42. The van der Waals surface area contributed by atoms with Crippen LogP contribution in [0, 0.1) is 0 Å². The molecule has 0 bridgehead atoms. The van der Waals surface area contributed by atoms with Crippen LogP contribution >= 0.6 is 12.2 Å². The van der Waals surface area contributed by atoms with Crippen LogP contribution in [0.1, 0.15) is 12.0 Å². The number of nitrogens with zero attached hydrogens (tertiary/aromatic N) is 1. The molecule has 4 heteroatoms. The molecule has 3 aliphatic rings. The Hall–Kier alpha value is -2.07. The van der Waals surface area contributed by atoms with Gasteiger partial charge in [0.1, 0.15) is 5.75 Å². The van der Waals surface area contributed by atoms with E-state index < -0.39 is 0 Å². The fourth-order valence-electron chi connectivity index (χ4n) is 3.55. The highest BCUT2D eigenvalue weighted by Gasteiger charge is 2.47. The fourth-order valence-corrected chi connectivity index (χ4v) is 3.67. The van der Waals surface area contributed by atoms with Gasteiger partial charge in [0.2, 0.25) is 0 Å². The number of hydrogen-bond donors (Lipinski definition) is 1. The second-order valence-corrected chi connectivity index (χ2v) is 6.32. The van der Waals surface area contributed by atoms with Gasteiger partial charge in [-0.3, -0.25) is 0 Å². The van der Waals surface area contributed by atoms with Crippen LogP contribution in [0.2, 0.25) is 0 Å². The highest BCUT2D eigenvalue weighted by molar-refractivity contribution is 7.80. The number of allylic oxidation sites excluding steroid dienone is 3. The summed E-state index contributed by atoms with van der Waals surface area (Å²) in [5, 5.41) is 3.81. The van der Waals surface area contributed by atoms with E-state index in [0.717, 1.165) is 30.2 Å². The van der Waals surface area contributed by atoms with Gasteiger partial charge < -0.3 is 15.0 Å². The average Bonchev–Trinajstić information content (AvgIpc) is 2.92. The van der Waals surface area contributed by atoms with Gasteiger partial charge in [-0.05, 0) is 35.8 Å². The normalized spacial score (nSPS) is 25.0. The molecule has 22 heavy (non-hydrogen) atoms. The third-order valence-corrected chi connectivity index (χ3v) is 4.98. The van der Waals surface area contributed by atoms with Gasteiger partial charge in [-0.25, -0.2) is 0 Å². The molecule has 1 aliphatic carbocycles. The van der Waals surface area contributed by atoms with Crippen molar-refractivity contribution in [3.8, 4) is 5.75 Å². The first-order valence-corrected chi connectivity index (χ1v) is 7.96. The summed E-state index contributed by atoms with van der Waals surface area (Å²) in [5.41, 5.74) is 3.52. The van der Waals surface area contributed by atoms with Crippen molar-refractivity contribution in [1.82, 2.24) is 10.2 Å². The van der Waals surface area contributed by atoms with Gasteiger partial charge in [0.15, 0.2) is 10.7 Å². The van der Waals surface area contributed by atoms with Gasteiger partial charge in [-0.1, -0.05) is 36.4 Å². The van der Waals surface area contributed by atoms with E-state index in [4.69, 9.17) is 17.0 Å². The lowest BCUT2D eigenvalue weighted by molar-refractivity contribution is 0.110. The molecule has 1 aromatic carbocycles. The average molecular weight is 310 g/mol. The Morgan fingerprint density at radius 2 is 2.23 bits per heavy atom. The maximum Gasteiger partial charge on any atom is 0.172 e. The van der Waals surface area contributed by atoms with Crippen molar-refractivity contribution >= 4 is 17.3 Å². The summed E-state index contributed by atoms with van der Waals surface area (Å²) in [6.07, 6.45) is 10.5. The molecule has 4 rings (SSSR count). The van der Waals surface area contributed by atoms with Crippen LogP contribution in [-0.2, 0) is 6.42 Å². The zero-order valence-corrected chi connectivity index (χ0v) is 13.3. The molecular formula is C18H18N2OS. The lowest BCUT2D eigenvalue weighted by atomic mass is 9.79. The van der Waals surface area contributed by atoms with Crippen LogP contribution in [0.25, 0.3) is 0 Å². The summed E-state index contributed by atoms with van der Waals surface area (Å²) in [4.78, 5) is 2.10. The number of hydrogen-bond acceptors (Lipinski definition) is 2. The zero-order chi connectivity index (χ0) is 15.2. The molecule has 1 unspecified atom stereocenters. The van der Waals surface area contributed by atoms with E-state index >= 15 is 0 Å². The van der Waals surface area contributed by atoms with E-state index in [1.807, 2.05) is 13.1 Å². The maximum absolute atomic E-state index is 6.46. The topological polar surface area (TPSA) is 24.5 Å². The van der Waals surface area contributed by atoms with Crippen LogP contribution in [-0.4, -0.2) is 29.2 Å². The Kier molecular flexibility index (Phi) is 3.08. The molecule has 0 radical (unpaired) electrons. The SMILES string of the molecule is CNC(=S)N1C=C2CC=CC=C2C2(Cc3ccccc3O2)C1.